The Balaban J connectivity index is 0. The molecule has 0 amide bonds. The SMILES string of the molecule is CCC(CO)(CO)CO.[Ca]. The van der Waals surface area contributed by atoms with E-state index in [1.54, 1.807) is 0 Å². The number of hydrogen-bond donors (Lipinski definition) is 3. The van der Waals surface area contributed by atoms with Gasteiger partial charge in [-0.3, -0.25) is 0 Å². The Labute approximate surface area is 91.1 Å². The van der Waals surface area contributed by atoms with Gasteiger partial charge in [-0.2, -0.15) is 0 Å². The van der Waals surface area contributed by atoms with Crippen molar-refractivity contribution in [1.82, 2.24) is 0 Å². The zero-order chi connectivity index (χ0) is 7.33. The van der Waals surface area contributed by atoms with Crippen LogP contribution in [0.1, 0.15) is 13.3 Å². The van der Waals surface area contributed by atoms with Gasteiger partial charge in [0.2, 0.25) is 0 Å². The maximum Gasteiger partial charge on any atom is 0.0531 e. The van der Waals surface area contributed by atoms with Crippen molar-refractivity contribution in [3.8, 4) is 0 Å². The summed E-state index contributed by atoms with van der Waals surface area (Å²) in [5.41, 5.74) is -0.667. The number of hydrogen-bond acceptors (Lipinski definition) is 3. The Morgan fingerprint density at radius 1 is 1.00 bits per heavy atom. The molecule has 0 unspecified atom stereocenters. The van der Waals surface area contributed by atoms with E-state index in [0.29, 0.717) is 6.42 Å². The van der Waals surface area contributed by atoms with Crippen LogP contribution in [0.25, 0.3) is 0 Å². The maximum absolute atomic E-state index is 8.66. The van der Waals surface area contributed by atoms with Crippen molar-refractivity contribution in [3.63, 3.8) is 0 Å². The van der Waals surface area contributed by atoms with Crippen LogP contribution in [0.2, 0.25) is 0 Å². The van der Waals surface area contributed by atoms with Crippen LogP contribution in [0, 0.1) is 5.41 Å². The van der Waals surface area contributed by atoms with Gasteiger partial charge < -0.3 is 15.3 Å². The molecule has 0 atom stereocenters. The second kappa shape index (κ2) is 6.83. The molecule has 0 aromatic carbocycles. The molecule has 10 heavy (non-hydrogen) atoms. The van der Waals surface area contributed by atoms with Gasteiger partial charge in [0, 0.05) is 43.2 Å². The van der Waals surface area contributed by atoms with Gasteiger partial charge in [0.05, 0.1) is 19.8 Å². The minimum Gasteiger partial charge on any atom is -0.396 e. The van der Waals surface area contributed by atoms with Crippen molar-refractivity contribution in [3.05, 3.63) is 0 Å². The van der Waals surface area contributed by atoms with E-state index in [-0.39, 0.29) is 57.6 Å². The summed E-state index contributed by atoms with van der Waals surface area (Å²) in [4.78, 5) is 0. The van der Waals surface area contributed by atoms with Crippen molar-refractivity contribution in [1.29, 1.82) is 0 Å². The summed E-state index contributed by atoms with van der Waals surface area (Å²) in [6.07, 6.45) is 0.594. The Morgan fingerprint density at radius 3 is 1.30 bits per heavy atom. The molecule has 4 heteroatoms. The third-order valence-corrected chi connectivity index (χ3v) is 1.76. The topological polar surface area (TPSA) is 60.7 Å². The van der Waals surface area contributed by atoms with E-state index >= 15 is 0 Å². The second-order valence-electron chi connectivity index (χ2n) is 2.33. The summed E-state index contributed by atoms with van der Waals surface area (Å²) in [5, 5.41) is 26.0. The molecule has 2 radical (unpaired) electrons. The predicted molar refractivity (Wildman–Crippen MR) is 39.7 cm³/mol. The van der Waals surface area contributed by atoms with Crippen LogP contribution in [0.15, 0.2) is 0 Å². The molecule has 0 saturated heterocycles. The molecule has 0 rings (SSSR count). The third kappa shape index (κ3) is 3.51. The van der Waals surface area contributed by atoms with Gasteiger partial charge in [-0.1, -0.05) is 6.92 Å². The van der Waals surface area contributed by atoms with E-state index in [1.165, 1.54) is 0 Å². The number of aliphatic hydroxyl groups excluding tert-OH is 3. The Hall–Kier alpha value is 1.14. The van der Waals surface area contributed by atoms with E-state index in [4.69, 9.17) is 15.3 Å². The minimum absolute atomic E-state index is 0. The molecule has 0 aliphatic carbocycles. The fraction of sp³-hybridized carbons (Fsp3) is 1.00. The standard InChI is InChI=1S/C6H14O3.Ca/c1-2-6(3-7,4-8)5-9;/h7-9H,2-5H2,1H3;. The molecule has 58 valence electrons. The summed E-state index contributed by atoms with van der Waals surface area (Å²) in [7, 11) is 0. The van der Waals surface area contributed by atoms with Crippen LogP contribution in [-0.2, 0) is 0 Å². The van der Waals surface area contributed by atoms with E-state index in [2.05, 4.69) is 0 Å². The van der Waals surface area contributed by atoms with Gasteiger partial charge in [0.15, 0.2) is 0 Å². The first kappa shape index (κ1) is 13.7. The number of aliphatic hydroxyl groups is 3. The summed E-state index contributed by atoms with van der Waals surface area (Å²) >= 11 is 0. The zero-order valence-corrected chi connectivity index (χ0v) is 8.59. The molecule has 0 heterocycles. The Morgan fingerprint density at radius 2 is 1.30 bits per heavy atom. The van der Waals surface area contributed by atoms with Crippen LogP contribution in [0.4, 0.5) is 0 Å². The first-order chi connectivity index (χ1) is 4.24. The molecule has 3 N–H and O–H groups in total. The van der Waals surface area contributed by atoms with Gasteiger partial charge in [-0.15, -0.1) is 0 Å². The normalized spacial score (nSPS) is 10.8. The molecule has 0 bridgehead atoms. The maximum atomic E-state index is 8.66. The Bertz CT molecular complexity index is 55.9. The van der Waals surface area contributed by atoms with Gasteiger partial charge in [-0.05, 0) is 6.42 Å². The molecule has 0 aliphatic rings. The largest absolute Gasteiger partial charge is 0.396 e. The van der Waals surface area contributed by atoms with Crippen molar-refractivity contribution < 1.29 is 15.3 Å². The first-order valence-electron chi connectivity index (χ1n) is 3.07. The van der Waals surface area contributed by atoms with Crippen molar-refractivity contribution in [2.45, 2.75) is 13.3 Å². The summed E-state index contributed by atoms with van der Waals surface area (Å²) in [6.45, 7) is 1.35. The van der Waals surface area contributed by atoms with Crippen LogP contribution < -0.4 is 0 Å². The average molecular weight is 174 g/mol. The number of rotatable bonds is 4. The zero-order valence-electron chi connectivity index (χ0n) is 6.38. The van der Waals surface area contributed by atoms with Crippen molar-refractivity contribution in [2.75, 3.05) is 19.8 Å². The molecule has 0 fully saturated rings. The monoisotopic (exact) mass is 174 g/mol. The molecule has 0 aromatic rings. The van der Waals surface area contributed by atoms with E-state index in [0.717, 1.165) is 0 Å². The fourth-order valence-corrected chi connectivity index (χ4v) is 0.485. The van der Waals surface area contributed by atoms with Gasteiger partial charge in [0.1, 0.15) is 0 Å². The summed E-state index contributed by atoms with van der Waals surface area (Å²) < 4.78 is 0. The Kier molecular flexibility index (Phi) is 9.36. The molecule has 3 nitrogen and oxygen atoms in total. The molecular weight excluding hydrogens is 160 g/mol. The van der Waals surface area contributed by atoms with Gasteiger partial charge in [-0.25, -0.2) is 0 Å². The van der Waals surface area contributed by atoms with Crippen LogP contribution in [0.5, 0.6) is 0 Å². The smallest absolute Gasteiger partial charge is 0.0531 e. The van der Waals surface area contributed by atoms with Crippen LogP contribution >= 0.6 is 0 Å². The minimum atomic E-state index is -0.667. The molecule has 0 aliphatic heterocycles. The van der Waals surface area contributed by atoms with Crippen molar-refractivity contribution in [2.24, 2.45) is 5.41 Å². The molecule has 0 spiro atoms. The molecule has 0 aromatic heterocycles. The molecular formula is C6H14CaO3. The molecule has 0 saturated carbocycles. The van der Waals surface area contributed by atoms with E-state index in [1.807, 2.05) is 6.92 Å². The van der Waals surface area contributed by atoms with Crippen molar-refractivity contribution >= 4 is 37.7 Å². The van der Waals surface area contributed by atoms with Gasteiger partial charge in [0.25, 0.3) is 0 Å². The summed E-state index contributed by atoms with van der Waals surface area (Å²) in [5.74, 6) is 0. The van der Waals surface area contributed by atoms with Crippen LogP contribution in [-0.4, -0.2) is 72.9 Å². The summed E-state index contributed by atoms with van der Waals surface area (Å²) in [6, 6.07) is 0. The predicted octanol–water partition coefficient (Wildman–Crippen LogP) is -1.02. The van der Waals surface area contributed by atoms with E-state index < -0.39 is 5.41 Å². The second-order valence-corrected chi connectivity index (χ2v) is 2.33. The van der Waals surface area contributed by atoms with E-state index in [9.17, 15) is 0 Å². The quantitative estimate of drug-likeness (QED) is 0.478. The average Bonchev–Trinajstić information content (AvgIpc) is 1.95. The fourth-order valence-electron chi connectivity index (χ4n) is 0.485. The first-order valence-corrected chi connectivity index (χ1v) is 3.07. The van der Waals surface area contributed by atoms with Gasteiger partial charge >= 0.3 is 0 Å². The third-order valence-electron chi connectivity index (χ3n) is 1.76. The van der Waals surface area contributed by atoms with Crippen LogP contribution in [0.3, 0.4) is 0 Å².